The molecule has 174 valence electrons. The van der Waals surface area contributed by atoms with E-state index in [0.717, 1.165) is 16.5 Å². The predicted octanol–water partition coefficient (Wildman–Crippen LogP) is 7.44. The lowest BCUT2D eigenvalue weighted by atomic mass is 10.1. The van der Waals surface area contributed by atoms with Crippen molar-refractivity contribution in [3.63, 3.8) is 0 Å². The maximum Gasteiger partial charge on any atom is 0.282 e. The first-order valence-corrected chi connectivity index (χ1v) is 12.3. The van der Waals surface area contributed by atoms with Gasteiger partial charge in [0.05, 0.1) is 27.2 Å². The summed E-state index contributed by atoms with van der Waals surface area (Å²) in [6.45, 7) is 4.41. The average Bonchev–Trinajstić information content (AvgIpc) is 2.83. The third-order valence-electron chi connectivity index (χ3n) is 5.46. The molecular formula is C26H22BrCl2N3O2. The molecule has 0 unspecified atom stereocenters. The van der Waals surface area contributed by atoms with Gasteiger partial charge in [-0.15, -0.1) is 0 Å². The normalized spacial score (nSPS) is 12.4. The van der Waals surface area contributed by atoms with Gasteiger partial charge in [-0.1, -0.05) is 83.3 Å². The molecular weight excluding hydrogens is 537 g/mol. The summed E-state index contributed by atoms with van der Waals surface area (Å²) in [6, 6.07) is 18.6. The number of ether oxygens (including phenoxy) is 1. The number of rotatable bonds is 7. The second-order valence-corrected chi connectivity index (χ2v) is 9.62. The quantitative estimate of drug-likeness (QED) is 0.221. The minimum Gasteiger partial charge on any atom is -0.486 e. The number of hydrogen-bond donors (Lipinski definition) is 0. The highest BCUT2D eigenvalue weighted by molar-refractivity contribution is 9.10. The summed E-state index contributed by atoms with van der Waals surface area (Å²) >= 11 is 16.3. The van der Waals surface area contributed by atoms with E-state index in [1.165, 1.54) is 4.68 Å². The van der Waals surface area contributed by atoms with Crippen LogP contribution in [0.15, 0.2) is 75.0 Å². The van der Waals surface area contributed by atoms with Crippen LogP contribution < -0.4 is 10.3 Å². The molecule has 0 saturated heterocycles. The van der Waals surface area contributed by atoms with Crippen molar-refractivity contribution in [3.05, 3.63) is 102 Å². The number of fused-ring (bicyclic) bond motifs is 1. The number of hydrogen-bond acceptors (Lipinski definition) is 4. The number of benzene rings is 3. The van der Waals surface area contributed by atoms with Crippen molar-refractivity contribution in [3.8, 4) is 5.75 Å². The van der Waals surface area contributed by atoms with E-state index >= 15 is 0 Å². The molecule has 0 spiro atoms. The van der Waals surface area contributed by atoms with Crippen molar-refractivity contribution >= 4 is 56.2 Å². The second-order valence-electron chi connectivity index (χ2n) is 7.89. The Labute approximate surface area is 216 Å². The first kappa shape index (κ1) is 24.5. The minimum atomic E-state index is -0.238. The number of nitrogens with zero attached hydrogens (tertiary/aromatic N) is 3. The molecule has 0 fully saturated rings. The Morgan fingerprint density at radius 1 is 1.12 bits per heavy atom. The van der Waals surface area contributed by atoms with E-state index in [1.54, 1.807) is 24.4 Å². The van der Waals surface area contributed by atoms with Crippen molar-refractivity contribution in [2.24, 2.45) is 5.10 Å². The fourth-order valence-corrected chi connectivity index (χ4v) is 4.40. The van der Waals surface area contributed by atoms with Crippen molar-refractivity contribution in [2.45, 2.75) is 32.8 Å². The Kier molecular flexibility index (Phi) is 7.71. The third kappa shape index (κ3) is 5.35. The van der Waals surface area contributed by atoms with E-state index in [1.807, 2.05) is 56.3 Å². The van der Waals surface area contributed by atoms with Crippen LogP contribution in [-0.2, 0) is 6.61 Å². The van der Waals surface area contributed by atoms with Gasteiger partial charge in [-0.05, 0) is 47.9 Å². The van der Waals surface area contributed by atoms with E-state index in [2.05, 4.69) is 21.0 Å². The standard InChI is InChI=1S/C26H22BrCl2N3O2/c1-3-16(2)25-31-23-10-9-19(27)13-20(23)26(33)32(25)30-14-18-11-21(28)24(22(29)12-18)34-15-17-7-5-4-6-8-17/h4-14,16H,3,15H2,1-2H3/t16-/m1/s1. The monoisotopic (exact) mass is 557 g/mol. The molecule has 0 aliphatic carbocycles. The molecule has 0 aliphatic rings. The summed E-state index contributed by atoms with van der Waals surface area (Å²) in [5.41, 5.74) is 2.05. The van der Waals surface area contributed by atoms with Crippen molar-refractivity contribution in [1.82, 2.24) is 9.66 Å². The van der Waals surface area contributed by atoms with Gasteiger partial charge in [-0.3, -0.25) is 4.79 Å². The largest absolute Gasteiger partial charge is 0.486 e. The molecule has 1 aromatic heterocycles. The van der Waals surface area contributed by atoms with Crippen LogP contribution in [0.2, 0.25) is 10.0 Å². The van der Waals surface area contributed by atoms with Gasteiger partial charge in [0.2, 0.25) is 0 Å². The Balaban J connectivity index is 1.68. The van der Waals surface area contributed by atoms with Crippen LogP contribution in [0.3, 0.4) is 0 Å². The lowest BCUT2D eigenvalue weighted by Gasteiger charge is -2.14. The van der Waals surface area contributed by atoms with Crippen molar-refractivity contribution in [1.29, 1.82) is 0 Å². The second kappa shape index (κ2) is 10.7. The summed E-state index contributed by atoms with van der Waals surface area (Å²) in [5, 5.41) is 5.68. The first-order chi connectivity index (χ1) is 16.4. The van der Waals surface area contributed by atoms with Gasteiger partial charge in [0.1, 0.15) is 12.4 Å². The molecule has 0 radical (unpaired) electrons. The van der Waals surface area contributed by atoms with Gasteiger partial charge in [0, 0.05) is 10.4 Å². The minimum absolute atomic E-state index is 0.0406. The van der Waals surface area contributed by atoms with Gasteiger partial charge < -0.3 is 4.74 Å². The zero-order chi connectivity index (χ0) is 24.2. The molecule has 0 N–H and O–H groups in total. The molecule has 8 heteroatoms. The third-order valence-corrected chi connectivity index (χ3v) is 6.51. The van der Waals surface area contributed by atoms with E-state index in [-0.39, 0.29) is 11.5 Å². The molecule has 0 amide bonds. The topological polar surface area (TPSA) is 56.5 Å². The van der Waals surface area contributed by atoms with Crippen LogP contribution in [0.4, 0.5) is 0 Å². The fraction of sp³-hybridized carbons (Fsp3) is 0.192. The van der Waals surface area contributed by atoms with Crippen LogP contribution in [-0.4, -0.2) is 15.9 Å². The Hall–Kier alpha value is -2.67. The lowest BCUT2D eigenvalue weighted by Crippen LogP contribution is -2.23. The summed E-state index contributed by atoms with van der Waals surface area (Å²) in [5.74, 6) is 1.04. The SMILES string of the molecule is CC[C@@H](C)c1nc2ccc(Br)cc2c(=O)n1N=Cc1cc(Cl)c(OCc2ccccc2)c(Cl)c1. The average molecular weight is 559 g/mol. The lowest BCUT2D eigenvalue weighted by molar-refractivity contribution is 0.306. The van der Waals surface area contributed by atoms with Crippen LogP contribution in [0, 0.1) is 0 Å². The van der Waals surface area contributed by atoms with Crippen LogP contribution in [0.5, 0.6) is 5.75 Å². The first-order valence-electron chi connectivity index (χ1n) is 10.8. The van der Waals surface area contributed by atoms with E-state index < -0.39 is 0 Å². The van der Waals surface area contributed by atoms with E-state index in [9.17, 15) is 4.79 Å². The number of aromatic nitrogens is 2. The molecule has 4 rings (SSSR count). The molecule has 1 heterocycles. The molecule has 1 atom stereocenters. The van der Waals surface area contributed by atoms with E-state index in [4.69, 9.17) is 32.9 Å². The highest BCUT2D eigenvalue weighted by Gasteiger charge is 2.16. The summed E-state index contributed by atoms with van der Waals surface area (Å²) in [4.78, 5) is 18.0. The summed E-state index contributed by atoms with van der Waals surface area (Å²) < 4.78 is 7.99. The predicted molar refractivity (Wildman–Crippen MR) is 143 cm³/mol. The maximum atomic E-state index is 13.3. The van der Waals surface area contributed by atoms with Crippen LogP contribution >= 0.6 is 39.1 Å². The molecule has 0 saturated carbocycles. The summed E-state index contributed by atoms with van der Waals surface area (Å²) in [7, 11) is 0. The van der Waals surface area contributed by atoms with Gasteiger partial charge in [-0.25, -0.2) is 4.98 Å². The van der Waals surface area contributed by atoms with Gasteiger partial charge in [-0.2, -0.15) is 9.78 Å². The fourth-order valence-electron chi connectivity index (χ4n) is 3.43. The molecule has 0 bridgehead atoms. The Bertz CT molecular complexity index is 1400. The van der Waals surface area contributed by atoms with Crippen LogP contribution in [0.1, 0.15) is 43.1 Å². The van der Waals surface area contributed by atoms with Crippen LogP contribution in [0.25, 0.3) is 10.9 Å². The molecule has 5 nitrogen and oxygen atoms in total. The Morgan fingerprint density at radius 2 is 1.82 bits per heavy atom. The maximum absolute atomic E-state index is 13.3. The summed E-state index contributed by atoms with van der Waals surface area (Å²) in [6.07, 6.45) is 2.37. The zero-order valence-electron chi connectivity index (χ0n) is 18.6. The highest BCUT2D eigenvalue weighted by Crippen LogP contribution is 2.34. The zero-order valence-corrected chi connectivity index (χ0v) is 21.7. The molecule has 3 aromatic carbocycles. The van der Waals surface area contributed by atoms with Crippen molar-refractivity contribution in [2.75, 3.05) is 0 Å². The number of halogens is 3. The molecule has 4 aromatic rings. The Morgan fingerprint density at radius 3 is 2.50 bits per heavy atom. The van der Waals surface area contributed by atoms with Gasteiger partial charge in [0.25, 0.3) is 5.56 Å². The van der Waals surface area contributed by atoms with E-state index in [0.29, 0.717) is 44.7 Å². The molecule has 0 aliphatic heterocycles. The van der Waals surface area contributed by atoms with Crippen molar-refractivity contribution < 1.29 is 4.74 Å². The highest BCUT2D eigenvalue weighted by atomic mass is 79.9. The van der Waals surface area contributed by atoms with Gasteiger partial charge >= 0.3 is 0 Å². The smallest absolute Gasteiger partial charge is 0.282 e. The molecule has 34 heavy (non-hydrogen) atoms. The van der Waals surface area contributed by atoms with Gasteiger partial charge in [0.15, 0.2) is 5.75 Å².